The zero-order valence-corrected chi connectivity index (χ0v) is 28.3. The zero-order chi connectivity index (χ0) is 32.9. The first kappa shape index (κ1) is 30.4. The third-order valence-corrected chi connectivity index (χ3v) is 9.05. The fraction of sp³-hybridized carbons (Fsp3) is 0.209. The topological polar surface area (TPSA) is 39.9 Å². The van der Waals surface area contributed by atoms with E-state index in [4.69, 9.17) is 14.7 Å². The second-order valence-electron chi connectivity index (χ2n) is 14.4. The molecule has 47 heavy (non-hydrogen) atoms. The van der Waals surface area contributed by atoms with Gasteiger partial charge >= 0.3 is 0 Å². The molecule has 0 aliphatic heterocycles. The van der Waals surface area contributed by atoms with Crippen LogP contribution in [0.2, 0.25) is 0 Å². The second-order valence-corrected chi connectivity index (χ2v) is 14.4. The third kappa shape index (κ3) is 5.69. The number of pyridine rings is 2. The maximum atomic E-state index is 5.82. The van der Waals surface area contributed by atoms with Gasteiger partial charge in [0, 0.05) is 28.1 Å². The van der Waals surface area contributed by atoms with Crippen LogP contribution in [-0.4, -0.2) is 21.6 Å². The van der Waals surface area contributed by atoms with Crippen LogP contribution < -0.4 is 4.74 Å². The molecule has 4 nitrogen and oxygen atoms in total. The van der Waals surface area contributed by atoms with Crippen LogP contribution in [-0.2, 0) is 10.8 Å². The van der Waals surface area contributed by atoms with Crippen molar-refractivity contribution in [2.45, 2.75) is 52.4 Å². The Morgan fingerprint density at radius 3 is 1.89 bits per heavy atom. The van der Waals surface area contributed by atoms with Gasteiger partial charge in [0.2, 0.25) is 0 Å². The van der Waals surface area contributed by atoms with E-state index < -0.39 is 0 Å². The summed E-state index contributed by atoms with van der Waals surface area (Å²) in [4.78, 5) is 10.0. The number of para-hydroxylation sites is 2. The minimum Gasteiger partial charge on any atom is -0.496 e. The molecule has 234 valence electrons. The molecule has 7 aromatic rings. The van der Waals surface area contributed by atoms with Crippen molar-refractivity contribution in [3.63, 3.8) is 0 Å². The molecule has 0 atom stereocenters. The molecule has 0 aliphatic carbocycles. The standard InChI is InChI=1S/C43H41N3O/c1-42(2,3)31-22-29(23-32(27-31)43(4,5)6)30-24-36(45-37(25-30)35-15-9-11-17-40(35)47-7)28-19-20-34-33-14-8-10-16-38(33)46(39(34)26-28)41-18-12-13-21-44-41/h8-27H,1-7H3. The van der Waals surface area contributed by atoms with Crippen LogP contribution in [0.1, 0.15) is 52.7 Å². The van der Waals surface area contributed by atoms with Crippen LogP contribution >= 0.6 is 0 Å². The normalized spacial score (nSPS) is 12.1. The van der Waals surface area contributed by atoms with Gasteiger partial charge in [-0.25, -0.2) is 9.97 Å². The quantitative estimate of drug-likeness (QED) is 0.193. The maximum Gasteiger partial charge on any atom is 0.137 e. The highest BCUT2D eigenvalue weighted by Crippen LogP contribution is 2.39. The third-order valence-electron chi connectivity index (χ3n) is 9.05. The maximum absolute atomic E-state index is 5.82. The number of hydrogen-bond acceptors (Lipinski definition) is 3. The van der Waals surface area contributed by atoms with E-state index >= 15 is 0 Å². The molecule has 0 spiro atoms. The number of aromatic nitrogens is 3. The summed E-state index contributed by atoms with van der Waals surface area (Å²) in [6.07, 6.45) is 1.85. The number of nitrogens with zero attached hydrogens (tertiary/aromatic N) is 3. The molecule has 3 heterocycles. The molecule has 0 amide bonds. The molecule has 0 aliphatic rings. The lowest BCUT2D eigenvalue weighted by Crippen LogP contribution is -2.16. The Balaban J connectivity index is 1.51. The summed E-state index contributed by atoms with van der Waals surface area (Å²) in [5.74, 6) is 1.69. The number of fused-ring (bicyclic) bond motifs is 3. The van der Waals surface area contributed by atoms with E-state index in [-0.39, 0.29) is 10.8 Å². The minimum absolute atomic E-state index is 0.00126. The van der Waals surface area contributed by atoms with Gasteiger partial charge in [-0.1, -0.05) is 108 Å². The smallest absolute Gasteiger partial charge is 0.137 e. The second kappa shape index (κ2) is 11.5. The van der Waals surface area contributed by atoms with E-state index in [1.165, 1.54) is 27.5 Å². The summed E-state index contributed by atoms with van der Waals surface area (Å²) < 4.78 is 8.08. The van der Waals surface area contributed by atoms with Gasteiger partial charge in [-0.2, -0.15) is 0 Å². The lowest BCUT2D eigenvalue weighted by Gasteiger charge is -2.26. The molecule has 0 unspecified atom stereocenters. The van der Waals surface area contributed by atoms with Crippen molar-refractivity contribution in [3.05, 3.63) is 133 Å². The molecule has 0 saturated heterocycles. The predicted molar refractivity (Wildman–Crippen MR) is 197 cm³/mol. The van der Waals surface area contributed by atoms with Crippen LogP contribution in [0.15, 0.2) is 121 Å². The fourth-order valence-electron chi connectivity index (χ4n) is 6.36. The van der Waals surface area contributed by atoms with Crippen LogP contribution in [0, 0.1) is 0 Å². The van der Waals surface area contributed by atoms with Crippen molar-refractivity contribution in [3.8, 4) is 45.2 Å². The Labute approximate surface area is 277 Å². The number of rotatable bonds is 5. The van der Waals surface area contributed by atoms with Gasteiger partial charge < -0.3 is 4.74 Å². The van der Waals surface area contributed by atoms with Gasteiger partial charge in [-0.15, -0.1) is 0 Å². The van der Waals surface area contributed by atoms with Gasteiger partial charge in [0.25, 0.3) is 0 Å². The van der Waals surface area contributed by atoms with Gasteiger partial charge in [0.05, 0.1) is 29.5 Å². The molecule has 7 rings (SSSR count). The highest BCUT2D eigenvalue weighted by atomic mass is 16.5. The number of methoxy groups -OCH3 is 1. The van der Waals surface area contributed by atoms with Gasteiger partial charge in [0.1, 0.15) is 11.6 Å². The molecular weight excluding hydrogens is 574 g/mol. The summed E-state index contributed by atoms with van der Waals surface area (Å²) in [5.41, 5.74) is 11.0. The summed E-state index contributed by atoms with van der Waals surface area (Å²) >= 11 is 0. The van der Waals surface area contributed by atoms with Crippen LogP contribution in [0.3, 0.4) is 0 Å². The van der Waals surface area contributed by atoms with Crippen molar-refractivity contribution in [1.29, 1.82) is 0 Å². The fourth-order valence-corrected chi connectivity index (χ4v) is 6.36. The average Bonchev–Trinajstić information content (AvgIpc) is 3.41. The van der Waals surface area contributed by atoms with Crippen LogP contribution in [0.4, 0.5) is 0 Å². The van der Waals surface area contributed by atoms with E-state index in [9.17, 15) is 0 Å². The number of benzene rings is 4. The van der Waals surface area contributed by atoms with E-state index in [1.807, 2.05) is 36.5 Å². The average molecular weight is 616 g/mol. The van der Waals surface area contributed by atoms with Crippen molar-refractivity contribution >= 4 is 21.8 Å². The molecule has 0 bridgehead atoms. The largest absolute Gasteiger partial charge is 0.496 e. The summed E-state index contributed by atoms with van der Waals surface area (Å²) in [6.45, 7) is 13.7. The molecule has 0 saturated carbocycles. The van der Waals surface area contributed by atoms with E-state index in [2.05, 4.69) is 131 Å². The first-order valence-electron chi connectivity index (χ1n) is 16.3. The highest BCUT2D eigenvalue weighted by molar-refractivity contribution is 6.10. The van der Waals surface area contributed by atoms with Crippen molar-refractivity contribution in [2.24, 2.45) is 0 Å². The Kier molecular flexibility index (Phi) is 7.47. The minimum atomic E-state index is 0.00126. The lowest BCUT2D eigenvalue weighted by molar-refractivity contribution is 0.416. The predicted octanol–water partition coefficient (Wildman–Crippen LogP) is 11.2. The van der Waals surface area contributed by atoms with Crippen LogP contribution in [0.25, 0.3) is 61.3 Å². The Morgan fingerprint density at radius 1 is 0.553 bits per heavy atom. The lowest BCUT2D eigenvalue weighted by atomic mass is 9.79. The molecular formula is C43H41N3O. The molecule has 0 fully saturated rings. The Morgan fingerprint density at radius 2 is 1.19 bits per heavy atom. The molecule has 3 aromatic heterocycles. The highest BCUT2D eigenvalue weighted by Gasteiger charge is 2.22. The Hall–Kier alpha value is -5.22. The summed E-state index contributed by atoms with van der Waals surface area (Å²) in [5, 5.41) is 2.38. The SMILES string of the molecule is COc1ccccc1-c1cc(-c2cc(C(C)(C)C)cc(C(C)(C)C)c2)cc(-c2ccc3c4ccccc4n(-c4ccccn4)c3c2)n1. The first-order valence-corrected chi connectivity index (χ1v) is 16.3. The van der Waals surface area contributed by atoms with E-state index in [0.29, 0.717) is 0 Å². The van der Waals surface area contributed by atoms with E-state index in [0.717, 1.165) is 50.7 Å². The van der Waals surface area contributed by atoms with Gasteiger partial charge in [0.15, 0.2) is 0 Å². The summed E-state index contributed by atoms with van der Waals surface area (Å²) in [7, 11) is 1.72. The first-order chi connectivity index (χ1) is 22.5. The van der Waals surface area contributed by atoms with Crippen molar-refractivity contribution < 1.29 is 4.74 Å². The molecule has 0 N–H and O–H groups in total. The van der Waals surface area contributed by atoms with Crippen molar-refractivity contribution in [1.82, 2.24) is 14.5 Å². The monoisotopic (exact) mass is 615 g/mol. The van der Waals surface area contributed by atoms with Crippen molar-refractivity contribution in [2.75, 3.05) is 7.11 Å². The van der Waals surface area contributed by atoms with Crippen LogP contribution in [0.5, 0.6) is 5.75 Å². The van der Waals surface area contributed by atoms with E-state index in [1.54, 1.807) is 7.11 Å². The number of hydrogen-bond donors (Lipinski definition) is 0. The number of ether oxygens (including phenoxy) is 1. The zero-order valence-electron chi connectivity index (χ0n) is 28.3. The van der Waals surface area contributed by atoms with Gasteiger partial charge in [-0.05, 0) is 81.6 Å². The van der Waals surface area contributed by atoms with Gasteiger partial charge in [-0.3, -0.25) is 4.57 Å². The molecule has 0 radical (unpaired) electrons. The molecule has 4 heteroatoms. The summed E-state index contributed by atoms with van der Waals surface area (Å²) in [6, 6.07) is 40.9. The Bertz CT molecular complexity index is 2220. The molecule has 4 aromatic carbocycles.